The van der Waals surface area contributed by atoms with E-state index in [0.29, 0.717) is 17.1 Å². The van der Waals surface area contributed by atoms with Crippen molar-refractivity contribution in [1.82, 2.24) is 0 Å². The summed E-state index contributed by atoms with van der Waals surface area (Å²) >= 11 is 0. The van der Waals surface area contributed by atoms with Gasteiger partial charge >= 0.3 is 23.9 Å². The van der Waals surface area contributed by atoms with Crippen LogP contribution in [0.15, 0.2) is 86.0 Å². The number of esters is 4. The van der Waals surface area contributed by atoms with Gasteiger partial charge in [0.15, 0.2) is 23.0 Å². The highest BCUT2D eigenvalue weighted by Crippen LogP contribution is 2.34. The molecule has 3 aromatic carbocycles. The number of hydrogen-bond acceptors (Lipinski definition) is 9. The number of benzene rings is 3. The molecule has 0 unspecified atom stereocenters. The number of rotatable bonds is 12. The number of ether oxygens (including phenoxy) is 5. The quantitative estimate of drug-likeness (QED) is 0.158. The van der Waals surface area contributed by atoms with E-state index in [1.807, 2.05) is 12.1 Å². The number of carbonyl (C=O) groups excluding carboxylic acids is 4. The average Bonchev–Trinajstić information content (AvgIpc) is 2.97. The van der Waals surface area contributed by atoms with Crippen molar-refractivity contribution in [1.29, 1.82) is 0 Å². The number of aryl methyl sites for hydroxylation is 1. The zero-order valence-corrected chi connectivity index (χ0v) is 23.0. The molecule has 0 radical (unpaired) electrons. The van der Waals surface area contributed by atoms with Gasteiger partial charge < -0.3 is 23.7 Å². The Morgan fingerprint density at radius 1 is 0.707 bits per heavy atom. The molecule has 3 rings (SSSR count). The summed E-state index contributed by atoms with van der Waals surface area (Å²) in [6.45, 7) is 10.2. The summed E-state index contributed by atoms with van der Waals surface area (Å²) in [5.74, 6) is -1.44. The minimum atomic E-state index is -0.737. The maximum Gasteiger partial charge on any atom is 0.335 e. The molecule has 0 spiro atoms. The van der Waals surface area contributed by atoms with E-state index >= 15 is 0 Å². The summed E-state index contributed by atoms with van der Waals surface area (Å²) in [6.07, 6.45) is 2.21. The minimum Gasteiger partial charge on any atom is -0.493 e. The van der Waals surface area contributed by atoms with Gasteiger partial charge in [-0.05, 0) is 59.5 Å². The Balaban J connectivity index is 1.67. The van der Waals surface area contributed by atoms with E-state index in [4.69, 9.17) is 23.7 Å². The molecule has 41 heavy (non-hydrogen) atoms. The maximum atomic E-state index is 12.6. The smallest absolute Gasteiger partial charge is 0.335 e. The largest absolute Gasteiger partial charge is 0.493 e. The Morgan fingerprint density at radius 3 is 1.90 bits per heavy atom. The molecule has 3 aromatic rings. The summed E-state index contributed by atoms with van der Waals surface area (Å²) in [4.78, 5) is 47.8. The lowest BCUT2D eigenvalue weighted by molar-refractivity contribution is -0.138. The Kier molecular flexibility index (Phi) is 10.6. The fourth-order valence-electron chi connectivity index (χ4n) is 3.47. The molecular weight excluding hydrogens is 528 g/mol. The van der Waals surface area contributed by atoms with Crippen LogP contribution in [-0.2, 0) is 25.6 Å². The summed E-state index contributed by atoms with van der Waals surface area (Å²) < 4.78 is 26.6. The van der Waals surface area contributed by atoms with Crippen LogP contribution in [0.5, 0.6) is 28.7 Å². The van der Waals surface area contributed by atoms with Crippen molar-refractivity contribution in [3.05, 3.63) is 91.5 Å². The summed E-state index contributed by atoms with van der Waals surface area (Å²) in [6, 6.07) is 16.8. The van der Waals surface area contributed by atoms with E-state index in [1.165, 1.54) is 19.2 Å². The van der Waals surface area contributed by atoms with Crippen molar-refractivity contribution in [2.75, 3.05) is 7.11 Å². The normalized spacial score (nSPS) is 10.3. The summed E-state index contributed by atoms with van der Waals surface area (Å²) in [5, 5.41) is 0. The molecule has 0 saturated carbocycles. The number of hydrogen-bond donors (Lipinski definition) is 0. The van der Waals surface area contributed by atoms with Crippen molar-refractivity contribution in [2.24, 2.45) is 5.92 Å². The second-order valence-electron chi connectivity index (χ2n) is 8.97. The van der Waals surface area contributed by atoms with Crippen LogP contribution in [0.4, 0.5) is 0 Å². The molecule has 0 bridgehead atoms. The third kappa shape index (κ3) is 8.66. The minimum absolute atomic E-state index is 0.000609. The van der Waals surface area contributed by atoms with Gasteiger partial charge in [-0.2, -0.15) is 0 Å². The van der Waals surface area contributed by atoms with E-state index < -0.39 is 17.9 Å². The SMILES string of the molecule is C=CC(=O)Oc1ccc(CCC(=O)Oc2ccc(-c3ccc(OC(=O)C(C)C)cc3)cc2OC)cc1OC(=O)C=C. The highest BCUT2D eigenvalue weighted by molar-refractivity contribution is 5.86. The van der Waals surface area contributed by atoms with Crippen LogP contribution >= 0.6 is 0 Å². The zero-order chi connectivity index (χ0) is 29.9. The lowest BCUT2D eigenvalue weighted by Crippen LogP contribution is -2.14. The lowest BCUT2D eigenvalue weighted by atomic mass is 10.0. The number of carbonyl (C=O) groups is 4. The molecule has 0 N–H and O–H groups in total. The monoisotopic (exact) mass is 558 g/mol. The van der Waals surface area contributed by atoms with Crippen molar-refractivity contribution in [3.8, 4) is 39.9 Å². The second kappa shape index (κ2) is 14.3. The lowest BCUT2D eigenvalue weighted by Gasteiger charge is -2.13. The van der Waals surface area contributed by atoms with Gasteiger partial charge in [0.2, 0.25) is 0 Å². The predicted octanol–water partition coefficient (Wildman–Crippen LogP) is 5.64. The van der Waals surface area contributed by atoms with Gasteiger partial charge in [0.25, 0.3) is 0 Å². The van der Waals surface area contributed by atoms with Gasteiger partial charge in [0.05, 0.1) is 13.0 Å². The van der Waals surface area contributed by atoms with Gasteiger partial charge in [0, 0.05) is 18.6 Å². The molecule has 0 aliphatic carbocycles. The molecule has 0 saturated heterocycles. The first kappa shape index (κ1) is 30.4. The molecule has 0 fully saturated rings. The summed E-state index contributed by atoms with van der Waals surface area (Å²) in [5.41, 5.74) is 2.29. The zero-order valence-electron chi connectivity index (χ0n) is 23.0. The molecule has 0 heterocycles. The molecule has 9 heteroatoms. The molecule has 0 atom stereocenters. The first-order valence-corrected chi connectivity index (χ1v) is 12.7. The van der Waals surface area contributed by atoms with E-state index in [9.17, 15) is 19.2 Å². The first-order valence-electron chi connectivity index (χ1n) is 12.7. The van der Waals surface area contributed by atoms with Crippen molar-refractivity contribution in [2.45, 2.75) is 26.7 Å². The molecule has 9 nitrogen and oxygen atoms in total. The topological polar surface area (TPSA) is 114 Å². The highest BCUT2D eigenvalue weighted by atomic mass is 16.6. The fraction of sp³-hybridized carbons (Fsp3) is 0.188. The third-order valence-electron chi connectivity index (χ3n) is 5.65. The van der Waals surface area contributed by atoms with Crippen LogP contribution in [0, 0.1) is 5.92 Å². The molecule has 212 valence electrons. The van der Waals surface area contributed by atoms with Gasteiger partial charge in [-0.25, -0.2) is 9.59 Å². The molecular formula is C32H30O9. The van der Waals surface area contributed by atoms with Crippen molar-refractivity contribution < 1.29 is 42.9 Å². The second-order valence-corrected chi connectivity index (χ2v) is 8.97. The molecule has 0 aromatic heterocycles. The van der Waals surface area contributed by atoms with Crippen LogP contribution in [0.25, 0.3) is 11.1 Å². The molecule has 0 aliphatic rings. The van der Waals surface area contributed by atoms with Crippen LogP contribution in [0.3, 0.4) is 0 Å². The standard InChI is InChI=1S/C32H30O9/c1-6-29(33)39-26-15-8-21(18-28(26)41-30(34)7-2)9-17-31(35)40-25-16-12-23(19-27(25)37-5)22-10-13-24(14-11-22)38-32(36)20(3)4/h6-8,10-16,18-20H,1-2,9,17H2,3-5H3. The highest BCUT2D eigenvalue weighted by Gasteiger charge is 2.16. The van der Waals surface area contributed by atoms with Gasteiger partial charge in [0.1, 0.15) is 5.75 Å². The van der Waals surface area contributed by atoms with Crippen LogP contribution in [0.2, 0.25) is 0 Å². The average molecular weight is 559 g/mol. The number of methoxy groups -OCH3 is 1. The van der Waals surface area contributed by atoms with Crippen molar-refractivity contribution in [3.63, 3.8) is 0 Å². The van der Waals surface area contributed by atoms with E-state index in [2.05, 4.69) is 13.2 Å². The van der Waals surface area contributed by atoms with E-state index in [-0.39, 0.29) is 42.0 Å². The Bertz CT molecular complexity index is 1450. The van der Waals surface area contributed by atoms with E-state index in [1.54, 1.807) is 50.2 Å². The molecule has 0 aliphatic heterocycles. The fourth-order valence-corrected chi connectivity index (χ4v) is 3.47. The van der Waals surface area contributed by atoms with Crippen molar-refractivity contribution >= 4 is 23.9 Å². The van der Waals surface area contributed by atoms with E-state index in [0.717, 1.165) is 23.3 Å². The Hall–Kier alpha value is -5.18. The van der Waals surface area contributed by atoms with Gasteiger partial charge in [-0.1, -0.05) is 51.3 Å². The van der Waals surface area contributed by atoms with Gasteiger partial charge in [-0.15, -0.1) is 0 Å². The first-order chi connectivity index (χ1) is 19.6. The van der Waals surface area contributed by atoms with Gasteiger partial charge in [-0.3, -0.25) is 9.59 Å². The Labute approximate surface area is 237 Å². The predicted molar refractivity (Wildman–Crippen MR) is 151 cm³/mol. The molecule has 0 amide bonds. The van der Waals surface area contributed by atoms with Crippen LogP contribution in [0.1, 0.15) is 25.8 Å². The Morgan fingerprint density at radius 2 is 1.29 bits per heavy atom. The third-order valence-corrected chi connectivity index (χ3v) is 5.65. The maximum absolute atomic E-state index is 12.6. The van der Waals surface area contributed by atoms with Crippen LogP contribution < -0.4 is 23.7 Å². The van der Waals surface area contributed by atoms with Crippen LogP contribution in [-0.4, -0.2) is 31.0 Å². The summed E-state index contributed by atoms with van der Waals surface area (Å²) in [7, 11) is 1.47.